The number of aromatic carboxylic acids is 3. The number of hydrogen-bond acceptors (Lipinski definition) is 18. The Balaban J connectivity index is 0.000000114. The molecule has 1 unspecified atom stereocenters. The number of anilines is 3. The van der Waals surface area contributed by atoms with Gasteiger partial charge in [-0.3, -0.25) is 29.1 Å². The fraction of sp³-hybridized carbons (Fsp3) is 0.323. The van der Waals surface area contributed by atoms with Crippen LogP contribution >= 0.6 is 69.6 Å². The summed E-state index contributed by atoms with van der Waals surface area (Å²) in [6, 6.07) is 36.7. The molecule has 36 heteroatoms. The second-order valence-corrected chi connectivity index (χ2v) is 37.4. The van der Waals surface area contributed by atoms with E-state index in [-0.39, 0.29) is 121 Å². The van der Waals surface area contributed by atoms with Gasteiger partial charge in [-0.1, -0.05) is 124 Å². The van der Waals surface area contributed by atoms with Crippen LogP contribution in [0.25, 0.3) is 32.7 Å². The van der Waals surface area contributed by atoms with Gasteiger partial charge in [-0.2, -0.15) is 15.3 Å². The van der Waals surface area contributed by atoms with Crippen LogP contribution in [0.1, 0.15) is 139 Å². The summed E-state index contributed by atoms with van der Waals surface area (Å²) in [5, 5.41) is 56.1. The van der Waals surface area contributed by atoms with Crippen molar-refractivity contribution < 1.29 is 85.7 Å². The largest absolute Gasteiger partial charge is 0.496 e. The Hall–Kier alpha value is -11.6. The zero-order valence-electron chi connectivity index (χ0n) is 68.4. The molecule has 9 aliphatic heterocycles. The minimum atomic E-state index is -1.32. The second-order valence-electron chi connectivity index (χ2n) is 34.9. The molecule has 3 aromatic heterocycles. The van der Waals surface area contributed by atoms with Gasteiger partial charge in [-0.05, 0) is 164 Å². The highest BCUT2D eigenvalue weighted by atomic mass is 35.5. The number of carboxylic acid groups (broad SMARTS) is 3. The van der Waals surface area contributed by atoms with Crippen molar-refractivity contribution in [2.75, 3.05) is 76.7 Å². The Morgan fingerprint density at radius 2 is 0.682 bits per heavy atom. The number of carbonyl (C=O) groups is 6. The van der Waals surface area contributed by atoms with Crippen molar-refractivity contribution in [2.24, 2.45) is 17.8 Å². The number of carbonyl (C=O) groups excluding carboxylic acids is 3. The molecule has 129 heavy (non-hydrogen) atoms. The average Bonchev–Trinajstić information content (AvgIpc) is 1.52. The summed E-state index contributed by atoms with van der Waals surface area (Å²) in [4.78, 5) is 86.0. The predicted molar refractivity (Wildman–Crippen MR) is 471 cm³/mol. The van der Waals surface area contributed by atoms with Crippen molar-refractivity contribution in [3.8, 4) is 34.9 Å². The van der Waals surface area contributed by atoms with Crippen LogP contribution < -0.4 is 44.4 Å². The van der Waals surface area contributed by atoms with Gasteiger partial charge in [-0.15, -0.1) is 0 Å². The summed E-state index contributed by atoms with van der Waals surface area (Å²) in [6.45, 7) is 2.43. The Kier molecular flexibility index (Phi) is 19.7. The average molecular weight is 1870 g/mol. The number of rotatable bonds is 15. The molecule has 3 spiro atoms. The van der Waals surface area contributed by atoms with E-state index in [1.54, 1.807) is 105 Å². The lowest BCUT2D eigenvalue weighted by Gasteiger charge is -2.39. The molecule has 3 amide bonds. The zero-order valence-corrected chi connectivity index (χ0v) is 73.0. The molecule has 3 aliphatic carbocycles. The van der Waals surface area contributed by atoms with Gasteiger partial charge in [0.1, 0.15) is 87.8 Å². The van der Waals surface area contributed by atoms with E-state index in [0.29, 0.717) is 137 Å². The number of likely N-dealkylation sites (tertiary alicyclic amines) is 3. The number of nitrogens with one attached hydrogen (secondary N) is 3. The first-order valence-corrected chi connectivity index (χ1v) is 44.3. The maximum atomic E-state index is 16.2. The van der Waals surface area contributed by atoms with E-state index in [4.69, 9.17) is 113 Å². The number of aromatic nitrogens is 6. The summed E-state index contributed by atoms with van der Waals surface area (Å²) in [6.07, 6.45) is 6.20. The Bertz CT molecular complexity index is 6270. The number of hydrogen-bond donors (Lipinski definition) is 6. The lowest BCUT2D eigenvalue weighted by Crippen LogP contribution is -2.54. The highest BCUT2D eigenvalue weighted by molar-refractivity contribution is 6.33. The standard InChI is InChI=1S/3C31H25Cl2FN4O5/c3*1-42-24-11-17-21(10-18(24)29(39)40)36-38-27-23(13-43-28(17)38)37(12-14-5-6-14)31(25(27)16-3-2-4-20(33)26(16)34)19-8-7-15(32)9-22(19)35-30(31)41/h3*2-4,7-11,14,23,25,27H,5-6,12-13H2,1H3,(H,35,41)(H,39,40)/t23-,25?,27+,31+;2*23-,25-,27+,31+/m100/s1. The fourth-order valence-corrected chi connectivity index (χ4v) is 23.4. The first-order valence-electron chi connectivity index (χ1n) is 42.1. The van der Waals surface area contributed by atoms with E-state index in [1.807, 2.05) is 18.2 Å². The zero-order chi connectivity index (χ0) is 89.4. The molecule has 12 aliphatic rings. The van der Waals surface area contributed by atoms with Crippen molar-refractivity contribution in [1.29, 1.82) is 0 Å². The van der Waals surface area contributed by atoms with Crippen LogP contribution in [0.4, 0.5) is 30.2 Å². The SMILES string of the molecule is COc1cc2c3n(nc2cc1C(=O)O)[C@@H]1C(c2cccc(Cl)c2F)[C@@]2(C(=O)Nc4cc(Cl)ccc42)N(CC2CC2)[C@@H]1CO3.COc1cc2c3n(nc2cc1C(=O)O)[C@@H]1[C@H](CO3)N(CC2CC2)[C@@]2(C(=O)Nc3cc(Cl)ccc32)[C@H]1c1cccc(Cl)c1F.COc1cc2c3n(nc2cc1C(=O)O)[C@@H]1[C@H](CO3)N(CC2CC2)[C@@]2(C(=O)Nc3cc(Cl)ccc32)[C@H]1c1cccc(Cl)c1F. The van der Waals surface area contributed by atoms with Crippen molar-refractivity contribution in [2.45, 2.75) is 109 Å². The number of ether oxygens (including phenoxy) is 6. The number of amides is 3. The van der Waals surface area contributed by atoms with Gasteiger partial charge in [0, 0.05) is 86.2 Å². The summed E-state index contributed by atoms with van der Waals surface area (Å²) in [5.74, 6) is -5.63. The van der Waals surface area contributed by atoms with Gasteiger partial charge < -0.3 is 59.7 Å². The number of nitrogens with zero attached hydrogens (tertiary/aromatic N) is 9. The Labute approximate surface area is 761 Å². The van der Waals surface area contributed by atoms with Crippen LogP contribution in [0, 0.1) is 35.2 Å². The topological polar surface area (TPSA) is 318 Å². The van der Waals surface area contributed by atoms with Crippen molar-refractivity contribution in [3.63, 3.8) is 0 Å². The van der Waals surface area contributed by atoms with Crippen molar-refractivity contribution >= 4 is 155 Å². The molecule has 0 bridgehead atoms. The van der Waals surface area contributed by atoms with Crippen LogP contribution in [0.5, 0.6) is 34.9 Å². The molecule has 12 aromatic rings. The Morgan fingerprint density at radius 3 is 0.930 bits per heavy atom. The normalized spacial score (nSPS) is 25.8. The minimum Gasteiger partial charge on any atom is -0.496 e. The van der Waals surface area contributed by atoms with E-state index in [0.717, 1.165) is 38.5 Å². The fourth-order valence-electron chi connectivity index (χ4n) is 22.4. The molecule has 0 radical (unpaired) electrons. The van der Waals surface area contributed by atoms with Gasteiger partial charge in [-0.25, -0.2) is 41.6 Å². The van der Waals surface area contributed by atoms with Gasteiger partial charge in [0.25, 0.3) is 0 Å². The maximum Gasteiger partial charge on any atom is 0.339 e. The third-order valence-corrected chi connectivity index (χ3v) is 29.7. The summed E-state index contributed by atoms with van der Waals surface area (Å²) >= 11 is 38.2. The summed E-state index contributed by atoms with van der Waals surface area (Å²) in [7, 11) is 4.20. The highest BCUT2D eigenvalue weighted by Crippen LogP contribution is 2.69. The maximum absolute atomic E-state index is 16.2. The number of benzene rings is 9. The van der Waals surface area contributed by atoms with E-state index in [2.05, 4.69) is 30.7 Å². The van der Waals surface area contributed by atoms with E-state index in [9.17, 15) is 44.1 Å². The third-order valence-electron chi connectivity index (χ3n) is 28.1. The lowest BCUT2D eigenvalue weighted by molar-refractivity contribution is -0.129. The monoisotopic (exact) mass is 1870 g/mol. The first kappa shape index (κ1) is 83.1. The smallest absolute Gasteiger partial charge is 0.339 e. The highest BCUT2D eigenvalue weighted by Gasteiger charge is 2.73. The molecular weight excluding hydrogens is 1790 g/mol. The number of fused-ring (bicyclic) bond motifs is 21. The van der Waals surface area contributed by atoms with Crippen molar-refractivity contribution in [3.05, 3.63) is 243 Å². The van der Waals surface area contributed by atoms with Crippen LogP contribution in [0.15, 0.2) is 146 Å². The molecule has 3 saturated carbocycles. The molecular formula is C93H75Cl6F3N12O15. The number of carboxylic acids is 3. The molecule has 6 N–H and O–H groups in total. The Morgan fingerprint density at radius 1 is 0.411 bits per heavy atom. The van der Waals surface area contributed by atoms with Crippen LogP contribution in [-0.4, -0.2) is 174 Å². The molecule has 3 saturated heterocycles. The summed E-state index contributed by atoms with van der Waals surface area (Å²) < 4.78 is 89.0. The first-order chi connectivity index (χ1) is 62.2. The quantitative estimate of drug-likeness (QED) is 0.0555. The number of halogens is 9. The minimum absolute atomic E-state index is 0.0429. The molecule has 12 atom stereocenters. The van der Waals surface area contributed by atoms with E-state index < -0.39 is 87.9 Å². The van der Waals surface area contributed by atoms with Crippen LogP contribution in [0.3, 0.4) is 0 Å². The van der Waals surface area contributed by atoms with Gasteiger partial charge in [0.05, 0.1) is 105 Å². The molecule has 660 valence electrons. The number of methoxy groups -OCH3 is 3. The van der Waals surface area contributed by atoms with Crippen molar-refractivity contribution in [1.82, 2.24) is 44.0 Å². The molecule has 9 aromatic carbocycles. The summed E-state index contributed by atoms with van der Waals surface area (Å²) in [5.41, 5.74) is 1.76. The van der Waals surface area contributed by atoms with Gasteiger partial charge >= 0.3 is 17.9 Å². The van der Waals surface area contributed by atoms with Gasteiger partial charge in [0.15, 0.2) is 0 Å². The molecule has 6 fully saturated rings. The second kappa shape index (κ2) is 30.5. The van der Waals surface area contributed by atoms with E-state index in [1.165, 1.54) is 57.7 Å². The molecule has 27 nitrogen and oxygen atoms in total. The predicted octanol–water partition coefficient (Wildman–Crippen LogP) is 17.5. The third kappa shape index (κ3) is 12.3. The lowest BCUT2D eigenvalue weighted by atomic mass is 9.73. The van der Waals surface area contributed by atoms with Crippen LogP contribution in [-0.2, 0) is 31.0 Å². The molecule has 24 rings (SSSR count). The van der Waals surface area contributed by atoms with E-state index >= 15 is 13.2 Å². The van der Waals surface area contributed by atoms with Gasteiger partial charge in [0.2, 0.25) is 35.4 Å². The van der Waals surface area contributed by atoms with Crippen LogP contribution in [0.2, 0.25) is 30.1 Å². The molecule has 12 heterocycles.